The Morgan fingerprint density at radius 3 is 3.24 bits per heavy atom. The predicted molar refractivity (Wildman–Crippen MR) is 79.5 cm³/mol. The van der Waals surface area contributed by atoms with Gasteiger partial charge in [-0.05, 0) is 13.8 Å². The van der Waals surface area contributed by atoms with Gasteiger partial charge in [0.05, 0.1) is 18.2 Å². The Bertz CT molecular complexity index is 666. The van der Waals surface area contributed by atoms with Gasteiger partial charge in [0.25, 0.3) is 0 Å². The molecular formula is C14H19N3O3S. The van der Waals surface area contributed by atoms with E-state index in [9.17, 15) is 9.90 Å². The third-order valence-corrected chi connectivity index (χ3v) is 4.89. The van der Waals surface area contributed by atoms with Crippen molar-refractivity contribution in [3.05, 3.63) is 23.0 Å². The SMILES string of the molecule is Cc1cn2c(CC(=O)NCC3(O)CCOC3C)csc2n1. The Morgan fingerprint density at radius 2 is 2.52 bits per heavy atom. The molecule has 1 aliphatic rings. The maximum Gasteiger partial charge on any atom is 0.226 e. The second-order valence-corrected chi connectivity index (χ2v) is 6.42. The van der Waals surface area contributed by atoms with Gasteiger partial charge in [0.2, 0.25) is 5.91 Å². The summed E-state index contributed by atoms with van der Waals surface area (Å²) in [7, 11) is 0. The van der Waals surface area contributed by atoms with Gasteiger partial charge >= 0.3 is 0 Å². The Kier molecular flexibility index (Phi) is 3.73. The first kappa shape index (κ1) is 14.5. The van der Waals surface area contributed by atoms with Crippen LogP contribution in [0.2, 0.25) is 0 Å². The first-order valence-corrected chi connectivity index (χ1v) is 7.89. The molecule has 0 spiro atoms. The number of aryl methyl sites for hydroxylation is 1. The molecule has 0 bridgehead atoms. The molecule has 2 atom stereocenters. The highest BCUT2D eigenvalue weighted by Crippen LogP contribution is 2.24. The maximum atomic E-state index is 12.1. The second kappa shape index (κ2) is 5.40. The number of aliphatic hydroxyl groups is 1. The van der Waals surface area contributed by atoms with Crippen LogP contribution in [0, 0.1) is 6.92 Å². The van der Waals surface area contributed by atoms with Crippen LogP contribution in [0.1, 0.15) is 24.7 Å². The summed E-state index contributed by atoms with van der Waals surface area (Å²) in [6.07, 6.45) is 2.51. The predicted octanol–water partition coefficient (Wildman–Crippen LogP) is 0.903. The van der Waals surface area contributed by atoms with Gasteiger partial charge in [-0.3, -0.25) is 9.20 Å². The third kappa shape index (κ3) is 2.81. The molecule has 1 fully saturated rings. The van der Waals surface area contributed by atoms with E-state index in [1.165, 1.54) is 11.3 Å². The molecule has 0 radical (unpaired) electrons. The zero-order chi connectivity index (χ0) is 15.0. The monoisotopic (exact) mass is 309 g/mol. The molecule has 1 saturated heterocycles. The Hall–Kier alpha value is -1.44. The lowest BCUT2D eigenvalue weighted by molar-refractivity contribution is -0.122. The van der Waals surface area contributed by atoms with E-state index in [0.29, 0.717) is 13.0 Å². The molecule has 3 heterocycles. The van der Waals surface area contributed by atoms with Crippen LogP contribution in [-0.4, -0.2) is 45.3 Å². The fourth-order valence-corrected chi connectivity index (χ4v) is 3.47. The number of hydrogen-bond acceptors (Lipinski definition) is 5. The van der Waals surface area contributed by atoms with Crippen LogP contribution >= 0.6 is 11.3 Å². The van der Waals surface area contributed by atoms with Gasteiger partial charge in [0, 0.05) is 36.8 Å². The molecule has 0 saturated carbocycles. The summed E-state index contributed by atoms with van der Waals surface area (Å²) < 4.78 is 7.30. The molecule has 114 valence electrons. The van der Waals surface area contributed by atoms with E-state index in [2.05, 4.69) is 10.3 Å². The number of carbonyl (C=O) groups is 1. The number of thiazole rings is 1. The van der Waals surface area contributed by atoms with E-state index in [4.69, 9.17) is 4.74 Å². The van der Waals surface area contributed by atoms with Gasteiger partial charge < -0.3 is 15.2 Å². The summed E-state index contributed by atoms with van der Waals surface area (Å²) in [4.78, 5) is 17.3. The zero-order valence-corrected chi connectivity index (χ0v) is 12.9. The topological polar surface area (TPSA) is 75.9 Å². The lowest BCUT2D eigenvalue weighted by Crippen LogP contribution is -2.47. The van der Waals surface area contributed by atoms with E-state index >= 15 is 0 Å². The molecule has 2 N–H and O–H groups in total. The first-order chi connectivity index (χ1) is 9.98. The van der Waals surface area contributed by atoms with Crippen molar-refractivity contribution >= 4 is 22.2 Å². The number of amides is 1. The highest BCUT2D eigenvalue weighted by molar-refractivity contribution is 7.15. The summed E-state index contributed by atoms with van der Waals surface area (Å²) in [5.74, 6) is -0.103. The lowest BCUT2D eigenvalue weighted by Gasteiger charge is -2.26. The van der Waals surface area contributed by atoms with Gasteiger partial charge in [0.1, 0.15) is 5.60 Å². The normalized spacial score (nSPS) is 25.6. The molecule has 0 aliphatic carbocycles. The van der Waals surface area contributed by atoms with Crippen LogP contribution in [0.15, 0.2) is 11.6 Å². The Balaban J connectivity index is 1.61. The third-order valence-electron chi connectivity index (χ3n) is 4.00. The Morgan fingerprint density at radius 1 is 1.71 bits per heavy atom. The molecule has 2 unspecified atom stereocenters. The molecule has 3 rings (SSSR count). The van der Waals surface area contributed by atoms with Crippen LogP contribution in [0.4, 0.5) is 0 Å². The molecule has 0 aromatic carbocycles. The number of nitrogens with zero attached hydrogens (tertiary/aromatic N) is 2. The minimum Gasteiger partial charge on any atom is -0.385 e. The van der Waals surface area contributed by atoms with Gasteiger partial charge in [-0.15, -0.1) is 11.3 Å². The van der Waals surface area contributed by atoms with Crippen molar-refractivity contribution in [2.45, 2.75) is 38.4 Å². The van der Waals surface area contributed by atoms with Gasteiger partial charge in [0.15, 0.2) is 4.96 Å². The fourth-order valence-electron chi connectivity index (χ4n) is 2.55. The van der Waals surface area contributed by atoms with Crippen molar-refractivity contribution in [3.63, 3.8) is 0 Å². The van der Waals surface area contributed by atoms with E-state index in [0.717, 1.165) is 16.3 Å². The van der Waals surface area contributed by atoms with E-state index in [-0.39, 0.29) is 25.0 Å². The summed E-state index contributed by atoms with van der Waals surface area (Å²) in [6.45, 7) is 4.52. The van der Waals surface area contributed by atoms with Crippen LogP contribution in [-0.2, 0) is 16.0 Å². The number of ether oxygens (including phenoxy) is 1. The van der Waals surface area contributed by atoms with Crippen LogP contribution in [0.25, 0.3) is 4.96 Å². The van der Waals surface area contributed by atoms with Crippen LogP contribution in [0.3, 0.4) is 0 Å². The average Bonchev–Trinajstić information content (AvgIpc) is 3.06. The standard InChI is InChI=1S/C14H19N3O3S/c1-9-6-17-11(7-21-13(17)16-9)5-12(18)15-8-14(19)3-4-20-10(14)2/h6-7,10,19H,3-5,8H2,1-2H3,(H,15,18). The number of fused-ring (bicyclic) bond motifs is 1. The second-order valence-electron chi connectivity index (χ2n) is 5.58. The van der Waals surface area contributed by atoms with Crippen molar-refractivity contribution in [2.75, 3.05) is 13.2 Å². The lowest BCUT2D eigenvalue weighted by atomic mass is 9.97. The number of imidazole rings is 1. The van der Waals surface area contributed by atoms with Crippen molar-refractivity contribution in [1.29, 1.82) is 0 Å². The van der Waals surface area contributed by atoms with E-state index in [1.54, 1.807) is 0 Å². The van der Waals surface area contributed by atoms with E-state index in [1.807, 2.05) is 29.8 Å². The quantitative estimate of drug-likeness (QED) is 0.880. The Labute approximate surface area is 126 Å². The number of hydrogen-bond donors (Lipinski definition) is 2. The average molecular weight is 309 g/mol. The summed E-state index contributed by atoms with van der Waals surface area (Å²) in [6, 6.07) is 0. The van der Waals surface area contributed by atoms with Crippen molar-refractivity contribution in [1.82, 2.24) is 14.7 Å². The van der Waals surface area contributed by atoms with Crippen molar-refractivity contribution in [3.8, 4) is 0 Å². The van der Waals surface area contributed by atoms with Crippen LogP contribution in [0.5, 0.6) is 0 Å². The van der Waals surface area contributed by atoms with Crippen molar-refractivity contribution in [2.24, 2.45) is 0 Å². The summed E-state index contributed by atoms with van der Waals surface area (Å²) in [5.41, 5.74) is 0.899. The summed E-state index contributed by atoms with van der Waals surface area (Å²) >= 11 is 1.52. The minimum atomic E-state index is -0.953. The van der Waals surface area contributed by atoms with Crippen molar-refractivity contribution < 1.29 is 14.6 Å². The molecular weight excluding hydrogens is 290 g/mol. The fraction of sp³-hybridized carbons (Fsp3) is 0.571. The minimum absolute atomic E-state index is 0.103. The van der Waals surface area contributed by atoms with Gasteiger partial charge in [-0.1, -0.05) is 0 Å². The zero-order valence-electron chi connectivity index (χ0n) is 12.1. The molecule has 2 aromatic heterocycles. The number of nitrogens with one attached hydrogen (secondary N) is 1. The van der Waals surface area contributed by atoms with E-state index < -0.39 is 5.60 Å². The number of rotatable bonds is 4. The molecule has 1 amide bonds. The highest BCUT2D eigenvalue weighted by atomic mass is 32.1. The first-order valence-electron chi connectivity index (χ1n) is 7.01. The molecule has 21 heavy (non-hydrogen) atoms. The molecule has 6 nitrogen and oxygen atoms in total. The molecule has 1 aliphatic heterocycles. The number of aromatic nitrogens is 2. The van der Waals surface area contributed by atoms with Crippen LogP contribution < -0.4 is 5.32 Å². The van der Waals surface area contributed by atoms with Gasteiger partial charge in [-0.25, -0.2) is 4.98 Å². The largest absolute Gasteiger partial charge is 0.385 e. The highest BCUT2D eigenvalue weighted by Gasteiger charge is 2.39. The van der Waals surface area contributed by atoms with Gasteiger partial charge in [-0.2, -0.15) is 0 Å². The summed E-state index contributed by atoms with van der Waals surface area (Å²) in [5, 5.41) is 15.1. The smallest absolute Gasteiger partial charge is 0.226 e. The molecule has 2 aromatic rings. The number of carbonyl (C=O) groups excluding carboxylic acids is 1. The molecule has 7 heteroatoms. The maximum absolute atomic E-state index is 12.1.